The van der Waals surface area contributed by atoms with Crippen molar-refractivity contribution in [3.8, 4) is 0 Å². The first-order chi connectivity index (χ1) is 46.5. The molecule has 24 N–H and O–H groups in total. The number of aromatic carboxylic acids is 1. The summed E-state index contributed by atoms with van der Waals surface area (Å²) >= 11 is 0. The van der Waals surface area contributed by atoms with Gasteiger partial charge >= 0.3 is 111 Å². The largest absolute Gasteiger partial charge is 2.00 e. The van der Waals surface area contributed by atoms with Crippen molar-refractivity contribution >= 4 is 95.5 Å². The Hall–Kier alpha value is -8.26. The molecule has 106 heavy (non-hydrogen) atoms. The Morgan fingerprint density at radius 3 is 0.821 bits per heavy atom. The number of nitrogens with zero attached hydrogens (tertiary/aromatic N) is 3. The van der Waals surface area contributed by atoms with Crippen molar-refractivity contribution in [3.05, 3.63) is 110 Å². The molecule has 1 aromatic carbocycles. The van der Waals surface area contributed by atoms with Gasteiger partial charge in [-0.1, -0.05) is 102 Å². The van der Waals surface area contributed by atoms with Crippen molar-refractivity contribution in [2.24, 2.45) is 11.3 Å². The maximum atomic E-state index is 11.2. The molecule has 0 bridgehead atoms. The molecule has 9 amide bonds. The molecule has 614 valence electrons. The zero-order valence-electron chi connectivity index (χ0n) is 58.9. The minimum atomic E-state index is -1.44. The van der Waals surface area contributed by atoms with E-state index in [9.17, 15) is 57.5 Å². The number of carboxylic acids is 7. The van der Waals surface area contributed by atoms with Crippen LogP contribution in [0.2, 0.25) is 0 Å². The number of aliphatic carboxylic acids is 6. The van der Waals surface area contributed by atoms with E-state index < -0.39 is 78.7 Å². The Bertz CT molecular complexity index is 2530. The van der Waals surface area contributed by atoms with Gasteiger partial charge in [-0.2, -0.15) is 12.0 Å². The molecule has 6 rings (SSSR count). The molecule has 3 aliphatic heterocycles. The number of amides is 9. The smallest absolute Gasteiger partial charge is 0.693 e. The van der Waals surface area contributed by atoms with Gasteiger partial charge < -0.3 is 114 Å². The van der Waals surface area contributed by atoms with Gasteiger partial charge in [-0.05, 0) is 69.9 Å². The first kappa shape index (κ1) is 122. The Morgan fingerprint density at radius 1 is 0.425 bits per heavy atom. The molecule has 0 aromatic heterocycles. The number of carboxylic acid groups (broad SMARTS) is 10. The standard InChI is InChI=1S/3C12H18N2O4.C7H13N.C7H6O2.C6H8O4.2C2H4O3.2C2H4O2.4H2N.3Pt/c3*15-10-6-7-11(16)14(10)9-5-3-1-2-4-8-13-12(17)18;1-6-4-2-3-5-7(6)8;8-7(9)6-4-2-1-3-5-6;7-4(8)6(5(9)10)2-1-3-6;2*3-1-2(4)5;2*1-2(3)4;;;;;;;/h3*6-7,13H,1-5,8-9H2,(H,17,18);6-8H,1-5H2;1-5H,(H,8,9);1-3H2,(H,7,8)(H,9,10);2*3H,1H2,(H,4,5);2*1H3,(H,3,4);4*1H2;;;/q;;;-2;;;;;;;4*-1;3*+2/t;;;6-,7?;;;;;;;;;;;;;/m...1............./s1. The van der Waals surface area contributed by atoms with Crippen LogP contribution in [0.4, 0.5) is 14.4 Å². The number of imide groups is 3. The number of nitrogens with two attached hydrogens (primary N) is 4. The zero-order valence-corrected chi connectivity index (χ0v) is 65.7. The number of carbonyl (C=O) groups is 16. The molecule has 2 fully saturated rings. The van der Waals surface area contributed by atoms with Crippen LogP contribution in [0.1, 0.15) is 165 Å². The van der Waals surface area contributed by atoms with E-state index in [0.29, 0.717) is 57.2 Å². The zero-order chi connectivity index (χ0) is 76.3. The Balaban J connectivity index is -0.000000109. The fourth-order valence-electron chi connectivity index (χ4n) is 8.15. The minimum Gasteiger partial charge on any atom is -0.693 e. The van der Waals surface area contributed by atoms with E-state index in [1.165, 1.54) is 70.4 Å². The molecular weight excluding hydrogens is 1960 g/mol. The molecule has 0 spiro atoms. The Labute approximate surface area is 658 Å². The molecule has 5 aliphatic rings. The summed E-state index contributed by atoms with van der Waals surface area (Å²) in [6.45, 7) is 7.34. The number of hydrogen-bond acceptors (Lipinski definition) is 18. The van der Waals surface area contributed by atoms with Crippen molar-refractivity contribution in [1.82, 2.24) is 30.7 Å². The summed E-state index contributed by atoms with van der Waals surface area (Å²) in [6, 6.07) is 8.44. The van der Waals surface area contributed by atoms with Gasteiger partial charge in [0.2, 0.25) is 0 Å². The molecule has 1 aromatic rings. The molecule has 2 atom stereocenters. The third-order valence-electron chi connectivity index (χ3n) is 13.4. The van der Waals surface area contributed by atoms with E-state index in [1.807, 2.05) is 0 Å². The second-order valence-electron chi connectivity index (χ2n) is 21.5. The van der Waals surface area contributed by atoms with Crippen LogP contribution >= 0.6 is 0 Å². The molecule has 2 aliphatic carbocycles. The summed E-state index contributed by atoms with van der Waals surface area (Å²) in [5.74, 6) is -8.30. The van der Waals surface area contributed by atoms with E-state index in [2.05, 4.69) is 22.9 Å². The summed E-state index contributed by atoms with van der Waals surface area (Å²) in [6.07, 6.45) is 24.2. The van der Waals surface area contributed by atoms with Crippen LogP contribution in [0.15, 0.2) is 66.8 Å². The number of benzene rings is 1. The van der Waals surface area contributed by atoms with Crippen molar-refractivity contribution in [2.45, 2.75) is 161 Å². The predicted molar refractivity (Wildman–Crippen MR) is 372 cm³/mol. The SMILES string of the molecule is CC(=O)O.CC(=O)O.O=C(O)C1(C(=O)O)CCC1.O=C(O)CO.O=C(O)CO.O=C(O)NCCCCCCCN1C(=O)C=CC1=O.O=C(O)NCCCCCCCN1C(=O)C=CC1=O.O=C(O)NCCCCCCCN1C(=O)C=CC1=O.O=C(O)c1ccccc1.[CH2-][C@@H]1CCCCC1[NH-].[NH2-].[NH2-].[NH2-].[NH2-].[Pt+2].[Pt+2].[Pt+2]. The fraction of sp³-hybridized carbons (Fsp3) is 0.547. The molecule has 1 unspecified atom stereocenters. The van der Waals surface area contributed by atoms with Gasteiger partial charge in [-0.15, -0.1) is 0 Å². The summed E-state index contributed by atoms with van der Waals surface area (Å²) in [5.41, 5.74) is 6.30. The van der Waals surface area contributed by atoms with Crippen molar-refractivity contribution in [1.29, 1.82) is 0 Å². The van der Waals surface area contributed by atoms with Crippen molar-refractivity contribution < 1.29 is 201 Å². The van der Waals surface area contributed by atoms with Crippen LogP contribution in [0.25, 0.3) is 30.3 Å². The first-order valence-electron chi connectivity index (χ1n) is 31.4. The van der Waals surface area contributed by atoms with E-state index in [-0.39, 0.29) is 142 Å². The van der Waals surface area contributed by atoms with Crippen molar-refractivity contribution in [2.75, 3.05) is 52.5 Å². The molecule has 2 saturated carbocycles. The topological polar surface area (TPSA) is 719 Å². The number of hydrogen-bond donors (Lipinski definition) is 15. The predicted octanol–water partition coefficient (Wildman–Crippen LogP) is 8.70. The number of aliphatic hydroxyl groups is 2. The second kappa shape index (κ2) is 76.4. The number of rotatable bonds is 29. The minimum absolute atomic E-state index is 0. The van der Waals surface area contributed by atoms with Gasteiger partial charge in [0.25, 0.3) is 47.4 Å². The monoisotopic (exact) mass is 2060 g/mol. The molecular formula is C64H105N11O28Pt3. The number of aliphatic hydroxyl groups excluding tert-OH is 2. The van der Waals surface area contributed by atoms with E-state index >= 15 is 0 Å². The van der Waals surface area contributed by atoms with Gasteiger partial charge in [0.15, 0.2) is 5.41 Å². The van der Waals surface area contributed by atoms with Crippen LogP contribution in [0.5, 0.6) is 0 Å². The molecule has 0 radical (unpaired) electrons. The maximum absolute atomic E-state index is 11.2. The Kier molecular flexibility index (Phi) is 87.6. The van der Waals surface area contributed by atoms with Gasteiger partial charge in [0.05, 0.1) is 5.56 Å². The summed E-state index contributed by atoms with van der Waals surface area (Å²) in [4.78, 5) is 169. The number of unbranched alkanes of at least 4 members (excludes halogenated alkanes) is 12. The maximum Gasteiger partial charge on any atom is 2.00 e. The van der Waals surface area contributed by atoms with E-state index in [4.69, 9.17) is 86.2 Å². The summed E-state index contributed by atoms with van der Waals surface area (Å²) < 4.78 is 0. The molecule has 39 nitrogen and oxygen atoms in total. The van der Waals surface area contributed by atoms with Crippen LogP contribution in [0.3, 0.4) is 0 Å². The third kappa shape index (κ3) is 70.1. The quantitative estimate of drug-likeness (QED) is 0.0154. The number of carbonyl (C=O) groups excluding carboxylic acids is 6. The first-order valence-corrected chi connectivity index (χ1v) is 31.4. The van der Waals surface area contributed by atoms with Crippen LogP contribution in [-0.4, -0.2) is 230 Å². The Morgan fingerprint density at radius 2 is 0.660 bits per heavy atom. The van der Waals surface area contributed by atoms with Gasteiger partial charge in [0, 0.05) is 89.6 Å². The second-order valence-corrected chi connectivity index (χ2v) is 21.5. The van der Waals surface area contributed by atoms with Gasteiger partial charge in [-0.3, -0.25) is 62.6 Å². The third-order valence-corrected chi connectivity index (χ3v) is 13.4. The molecule has 42 heteroatoms. The number of nitrogens with one attached hydrogen (secondary N) is 4. The molecule has 0 saturated heterocycles. The average molecular weight is 2060 g/mol. The van der Waals surface area contributed by atoms with Gasteiger partial charge in [-0.25, -0.2) is 28.8 Å². The van der Waals surface area contributed by atoms with E-state index in [1.54, 1.807) is 30.3 Å². The van der Waals surface area contributed by atoms with Crippen LogP contribution in [0, 0.1) is 18.3 Å². The molecule has 3 heterocycles. The van der Waals surface area contributed by atoms with Gasteiger partial charge in [0.1, 0.15) is 13.2 Å². The summed E-state index contributed by atoms with van der Waals surface area (Å²) in [5, 5.41) is 102. The summed E-state index contributed by atoms with van der Waals surface area (Å²) in [7, 11) is 0. The normalized spacial score (nSPS) is 14.2. The van der Waals surface area contributed by atoms with E-state index in [0.717, 1.165) is 117 Å². The van der Waals surface area contributed by atoms with Crippen LogP contribution in [-0.2, 0) is 121 Å². The van der Waals surface area contributed by atoms with Crippen LogP contribution < -0.4 is 16.0 Å². The fourth-order valence-corrected chi connectivity index (χ4v) is 8.15. The average Bonchev–Trinajstić information content (AvgIpc) is 1.04. The van der Waals surface area contributed by atoms with Crippen molar-refractivity contribution in [3.63, 3.8) is 0 Å².